The van der Waals surface area contributed by atoms with Crippen molar-refractivity contribution in [3.05, 3.63) is 156 Å². The van der Waals surface area contributed by atoms with Crippen LogP contribution in [-0.4, -0.2) is 0 Å². The molecule has 0 fully saturated rings. The number of benzene rings is 7. The van der Waals surface area contributed by atoms with Crippen molar-refractivity contribution in [3.8, 4) is 22.3 Å². The zero-order chi connectivity index (χ0) is 48.5. The van der Waals surface area contributed by atoms with Gasteiger partial charge in [0.1, 0.15) is 11.2 Å². The summed E-state index contributed by atoms with van der Waals surface area (Å²) in [7, 11) is 0. The molecule has 1 aromatic heterocycles. The Labute approximate surface area is 277 Å². The lowest BCUT2D eigenvalue weighted by atomic mass is 9.85. The van der Waals surface area contributed by atoms with Gasteiger partial charge in [-0.3, -0.25) is 0 Å². The Morgan fingerprint density at radius 2 is 1.10 bits per heavy atom. The molecule has 0 N–H and O–H groups in total. The summed E-state index contributed by atoms with van der Waals surface area (Å²) in [6.07, 6.45) is -0.395. The van der Waals surface area contributed by atoms with Crippen LogP contribution in [0.2, 0.25) is 0 Å². The summed E-state index contributed by atoms with van der Waals surface area (Å²) in [6.45, 7) is 0. The second-order valence-corrected chi connectivity index (χ2v) is 9.39. The van der Waals surface area contributed by atoms with Crippen LogP contribution in [0.3, 0.4) is 0 Å². The molecule has 1 aliphatic carbocycles. The minimum absolute atomic E-state index is 0.0502. The van der Waals surface area contributed by atoms with Crippen molar-refractivity contribution < 1.29 is 37.3 Å². The molecule has 0 unspecified atom stereocenters. The molecule has 0 spiro atoms. The van der Waals surface area contributed by atoms with E-state index in [1.54, 1.807) is 0 Å². The van der Waals surface area contributed by atoms with E-state index in [0.29, 0.717) is 0 Å². The summed E-state index contributed by atoms with van der Waals surface area (Å²) in [5, 5.41) is -3.31. The number of rotatable bonds is 3. The first-order valence-electron chi connectivity index (χ1n) is 24.6. The Balaban J connectivity index is 1.58. The SMILES string of the molecule is [2H]C1=C(c2c([2H])c([2H])c([2H])c([2H])c2[2H])Cc2c1c([2H])c1c(oc3c([2H])c([2H])c([2H])c(-c4c5c([2H])c([2H])c([2H])c([2H])c5c(-c5c([2H])c([2H])c([2H])c([2H])c5[2H])c5c([2H])c([2H])c([2H])c([2H])c45)c31)c2[2H]. The zero-order valence-corrected chi connectivity index (χ0v) is 21.1. The van der Waals surface area contributed by atoms with Crippen LogP contribution in [0.15, 0.2) is 143 Å². The lowest BCUT2D eigenvalue weighted by molar-refractivity contribution is 0.668. The predicted molar refractivity (Wildman–Crippen MR) is 178 cm³/mol. The molecule has 7 aromatic carbocycles. The van der Waals surface area contributed by atoms with Crippen LogP contribution in [0.25, 0.3) is 77.4 Å². The fourth-order valence-electron chi connectivity index (χ4n) is 5.43. The standard InChI is InChI=1S/C41H26O/c1-3-12-26(13-4-1)28-22-29-24-36-38(25-30(29)23-28)42-37-21-11-20-35(41(36)37)40-33-18-9-7-16-31(33)39(27-14-5-2-6-15-27)32-17-8-10-19-34(32)40/h1-22,24-25H,23H2/i1D,2D,3D,4D,5D,6D,7D,8D,9D,10D,11D,12D,13D,14D,15D,16D,17D,18D,19D,20D,21D,22D,24D,25D. The normalized spacial score (nSPS) is 21.0. The van der Waals surface area contributed by atoms with Gasteiger partial charge in [0.05, 0.1) is 32.9 Å². The van der Waals surface area contributed by atoms with Gasteiger partial charge >= 0.3 is 0 Å². The summed E-state index contributed by atoms with van der Waals surface area (Å²) >= 11 is 0. The summed E-state index contributed by atoms with van der Waals surface area (Å²) in [6, 6.07) is -19.2. The van der Waals surface area contributed by atoms with E-state index in [2.05, 4.69) is 0 Å². The Morgan fingerprint density at radius 3 is 1.76 bits per heavy atom. The van der Waals surface area contributed by atoms with E-state index < -0.39 is 217 Å². The third kappa shape index (κ3) is 3.44. The molecule has 1 nitrogen and oxygen atoms in total. The number of allylic oxidation sites excluding steroid dienone is 1. The minimum atomic E-state index is -0.916. The smallest absolute Gasteiger partial charge is 0.136 e. The second kappa shape index (κ2) is 9.06. The van der Waals surface area contributed by atoms with Crippen molar-refractivity contribution in [1.82, 2.24) is 0 Å². The third-order valence-corrected chi connectivity index (χ3v) is 7.14. The molecule has 0 saturated heterocycles. The predicted octanol–water partition coefficient (Wildman–Crippen LogP) is 11.3. The largest absolute Gasteiger partial charge is 0.456 e. The molecule has 1 aliphatic rings. The van der Waals surface area contributed by atoms with Crippen molar-refractivity contribution in [2.24, 2.45) is 0 Å². The quantitative estimate of drug-likeness (QED) is 0.197. The van der Waals surface area contributed by atoms with E-state index in [-0.39, 0.29) is 22.3 Å². The third-order valence-electron chi connectivity index (χ3n) is 7.14. The Morgan fingerprint density at radius 1 is 0.500 bits per heavy atom. The second-order valence-electron chi connectivity index (χ2n) is 9.39. The molecule has 0 aliphatic heterocycles. The van der Waals surface area contributed by atoms with E-state index in [4.69, 9.17) is 26.3 Å². The van der Waals surface area contributed by atoms with Crippen LogP contribution in [0, 0.1) is 0 Å². The van der Waals surface area contributed by atoms with Crippen LogP contribution in [-0.2, 0) is 6.42 Å². The average molecular weight is 559 g/mol. The summed E-state index contributed by atoms with van der Waals surface area (Å²) in [5.74, 6) is 0. The highest BCUT2D eigenvalue weighted by Crippen LogP contribution is 2.47. The molecule has 0 atom stereocenters. The van der Waals surface area contributed by atoms with Crippen molar-refractivity contribution >= 4 is 55.1 Å². The summed E-state index contributed by atoms with van der Waals surface area (Å²) in [4.78, 5) is 0. The van der Waals surface area contributed by atoms with Gasteiger partial charge < -0.3 is 4.42 Å². The van der Waals surface area contributed by atoms with E-state index in [0.717, 1.165) is 0 Å². The minimum Gasteiger partial charge on any atom is -0.456 e. The summed E-state index contributed by atoms with van der Waals surface area (Å²) in [5.41, 5.74) is -4.30. The Bertz CT molecular complexity index is 3580. The first kappa shape index (κ1) is 9.86. The molecule has 1 heterocycles. The van der Waals surface area contributed by atoms with Gasteiger partial charge in [0.15, 0.2) is 0 Å². The van der Waals surface area contributed by atoms with Gasteiger partial charge in [0, 0.05) is 10.8 Å². The highest BCUT2D eigenvalue weighted by molar-refractivity contribution is 6.25. The van der Waals surface area contributed by atoms with Crippen molar-refractivity contribution in [3.63, 3.8) is 0 Å². The lowest BCUT2D eigenvalue weighted by Crippen LogP contribution is -1.91. The average Bonchev–Trinajstić information content (AvgIpc) is 3.86. The summed E-state index contributed by atoms with van der Waals surface area (Å²) < 4.78 is 219. The molecule has 0 saturated carbocycles. The molecule has 9 rings (SSSR count). The molecule has 196 valence electrons. The highest BCUT2D eigenvalue weighted by Gasteiger charge is 2.22. The van der Waals surface area contributed by atoms with Crippen LogP contribution in [0.1, 0.15) is 49.6 Å². The monoisotopic (exact) mass is 558 g/mol. The maximum Gasteiger partial charge on any atom is 0.136 e. The number of furan rings is 1. The number of hydrogen-bond donors (Lipinski definition) is 0. The van der Waals surface area contributed by atoms with Crippen LogP contribution in [0.4, 0.5) is 0 Å². The fraction of sp³-hybridized carbons (Fsp3) is 0.0244. The molecular weight excluding hydrogens is 508 g/mol. The van der Waals surface area contributed by atoms with Gasteiger partial charge in [0.25, 0.3) is 0 Å². The van der Waals surface area contributed by atoms with Gasteiger partial charge in [0.2, 0.25) is 0 Å². The fourth-order valence-corrected chi connectivity index (χ4v) is 5.43. The van der Waals surface area contributed by atoms with Crippen LogP contribution < -0.4 is 0 Å². The maximum atomic E-state index is 9.63. The molecule has 42 heavy (non-hydrogen) atoms. The van der Waals surface area contributed by atoms with Crippen LogP contribution >= 0.6 is 0 Å². The lowest BCUT2D eigenvalue weighted by Gasteiger charge is -2.18. The van der Waals surface area contributed by atoms with Crippen molar-refractivity contribution in [2.75, 3.05) is 0 Å². The topological polar surface area (TPSA) is 13.1 Å². The molecule has 0 bridgehead atoms. The molecule has 0 amide bonds. The Hall–Kier alpha value is -5.40. The van der Waals surface area contributed by atoms with Gasteiger partial charge in [-0.1, -0.05) is 127 Å². The van der Waals surface area contributed by atoms with Gasteiger partial charge in [-0.2, -0.15) is 0 Å². The molecule has 1 heteroatoms. The van der Waals surface area contributed by atoms with E-state index in [9.17, 15) is 11.0 Å². The van der Waals surface area contributed by atoms with Gasteiger partial charge in [-0.05, 0) is 90.6 Å². The zero-order valence-electron chi connectivity index (χ0n) is 45.1. The van der Waals surface area contributed by atoms with Gasteiger partial charge in [-0.25, -0.2) is 0 Å². The first-order chi connectivity index (χ1) is 30.8. The van der Waals surface area contributed by atoms with Gasteiger partial charge in [-0.15, -0.1) is 0 Å². The van der Waals surface area contributed by atoms with Crippen molar-refractivity contribution in [2.45, 2.75) is 6.42 Å². The maximum absolute atomic E-state index is 9.63. The number of fused-ring (bicyclic) bond motifs is 6. The van der Waals surface area contributed by atoms with E-state index >= 15 is 0 Å². The number of hydrogen-bond acceptors (Lipinski definition) is 1. The molecular formula is C41H26O. The van der Waals surface area contributed by atoms with Crippen molar-refractivity contribution in [1.29, 1.82) is 0 Å². The van der Waals surface area contributed by atoms with E-state index in [1.807, 2.05) is 0 Å². The van der Waals surface area contributed by atoms with Crippen LogP contribution in [0.5, 0.6) is 0 Å². The first-order valence-corrected chi connectivity index (χ1v) is 12.6. The highest BCUT2D eigenvalue weighted by atomic mass is 16.3. The molecule has 0 radical (unpaired) electrons. The molecule has 8 aromatic rings. The Kier molecular flexibility index (Phi) is 2.13. The van der Waals surface area contributed by atoms with E-state index in [1.165, 1.54) is 0 Å².